The van der Waals surface area contributed by atoms with Crippen LogP contribution in [0.15, 0.2) is 66.0 Å². The molecule has 0 spiro atoms. The lowest BCUT2D eigenvalue weighted by atomic mass is 9.98. The van der Waals surface area contributed by atoms with E-state index in [9.17, 15) is 0 Å². The Morgan fingerprint density at radius 3 is 2.54 bits per heavy atom. The average Bonchev–Trinajstić information content (AvgIpc) is 3.36. The van der Waals surface area contributed by atoms with Crippen LogP contribution in [0, 0.1) is 13.8 Å². The number of ether oxygens (including phenoxy) is 1. The summed E-state index contributed by atoms with van der Waals surface area (Å²) in [7, 11) is 2.15. The molecule has 0 aliphatic carbocycles. The molecule has 1 aliphatic rings. The number of hydrogen-bond donors (Lipinski definition) is 2. The van der Waals surface area contributed by atoms with Crippen LogP contribution in [0.4, 0.5) is 5.82 Å². The van der Waals surface area contributed by atoms with Crippen molar-refractivity contribution in [3.63, 3.8) is 0 Å². The molecule has 3 heterocycles. The summed E-state index contributed by atoms with van der Waals surface area (Å²) in [5.41, 5.74) is 11.5. The number of aryl methyl sites for hydroxylation is 2. The number of nitrogens with one attached hydrogen (secondary N) is 1. The van der Waals surface area contributed by atoms with Gasteiger partial charge in [-0.15, -0.1) is 0 Å². The summed E-state index contributed by atoms with van der Waals surface area (Å²) in [5, 5.41) is 4.52. The minimum absolute atomic E-state index is 0.253. The standard InChI is InChI=1S/C28H33N7OS/c1-19-13-21(14-20(2)25(19)16-32-37-24-7-5-4-6-8-24)26-17-30-27(29)28(33-26)36-23-15-31-35(18-23)22-9-11-34(3)12-10-22/h4-8,13-15,17-18,22,32H,9-12,16H2,1-3H3,(H2,29,30). The Morgan fingerprint density at radius 2 is 1.81 bits per heavy atom. The first-order valence-electron chi connectivity index (χ1n) is 12.5. The van der Waals surface area contributed by atoms with Gasteiger partial charge in [-0.2, -0.15) is 5.10 Å². The van der Waals surface area contributed by atoms with Gasteiger partial charge < -0.3 is 15.4 Å². The summed E-state index contributed by atoms with van der Waals surface area (Å²) in [4.78, 5) is 12.6. The Balaban J connectivity index is 1.29. The number of rotatable bonds is 8. The lowest BCUT2D eigenvalue weighted by molar-refractivity contribution is 0.212. The smallest absolute Gasteiger partial charge is 0.263 e. The van der Waals surface area contributed by atoms with Crippen LogP contribution in [0.25, 0.3) is 11.3 Å². The number of hydrogen-bond acceptors (Lipinski definition) is 8. The highest BCUT2D eigenvalue weighted by Gasteiger charge is 2.20. The molecule has 0 saturated carbocycles. The summed E-state index contributed by atoms with van der Waals surface area (Å²) < 4.78 is 11.5. The first-order valence-corrected chi connectivity index (χ1v) is 13.4. The second-order valence-corrected chi connectivity index (χ2v) is 10.5. The highest BCUT2D eigenvalue weighted by Crippen LogP contribution is 2.30. The molecule has 5 rings (SSSR count). The summed E-state index contributed by atoms with van der Waals surface area (Å²) in [5.74, 6) is 1.16. The number of nitrogens with zero attached hydrogens (tertiary/aromatic N) is 5. The molecular formula is C28H33N7OS. The van der Waals surface area contributed by atoms with Crippen molar-refractivity contribution in [1.29, 1.82) is 0 Å². The van der Waals surface area contributed by atoms with E-state index < -0.39 is 0 Å². The molecule has 4 aromatic rings. The average molecular weight is 516 g/mol. The van der Waals surface area contributed by atoms with Gasteiger partial charge in [0.05, 0.1) is 30.3 Å². The third kappa shape index (κ3) is 6.12. The number of piperidine rings is 1. The maximum absolute atomic E-state index is 6.13. The maximum Gasteiger partial charge on any atom is 0.263 e. The van der Waals surface area contributed by atoms with Gasteiger partial charge in [0.2, 0.25) is 0 Å². The fraction of sp³-hybridized carbons (Fsp3) is 0.321. The quantitative estimate of drug-likeness (QED) is 0.302. The van der Waals surface area contributed by atoms with Crippen molar-refractivity contribution in [2.75, 3.05) is 25.9 Å². The zero-order valence-electron chi connectivity index (χ0n) is 21.5. The third-order valence-electron chi connectivity index (χ3n) is 6.80. The maximum atomic E-state index is 6.13. The normalized spacial score (nSPS) is 14.7. The van der Waals surface area contributed by atoms with E-state index in [1.165, 1.54) is 21.6 Å². The van der Waals surface area contributed by atoms with Crippen molar-refractivity contribution in [3.05, 3.63) is 77.7 Å². The predicted molar refractivity (Wildman–Crippen MR) is 149 cm³/mol. The predicted octanol–water partition coefficient (Wildman–Crippen LogP) is 5.40. The van der Waals surface area contributed by atoms with Crippen molar-refractivity contribution in [2.24, 2.45) is 0 Å². The number of nitrogen functional groups attached to an aromatic ring is 1. The van der Waals surface area contributed by atoms with Crippen LogP contribution < -0.4 is 15.2 Å². The van der Waals surface area contributed by atoms with Crippen LogP contribution in [0.3, 0.4) is 0 Å². The van der Waals surface area contributed by atoms with E-state index >= 15 is 0 Å². The van der Waals surface area contributed by atoms with Gasteiger partial charge in [0, 0.05) is 17.0 Å². The van der Waals surface area contributed by atoms with Gasteiger partial charge in [0.15, 0.2) is 11.6 Å². The van der Waals surface area contributed by atoms with E-state index in [4.69, 9.17) is 15.5 Å². The van der Waals surface area contributed by atoms with Crippen LogP contribution in [-0.2, 0) is 6.54 Å². The van der Waals surface area contributed by atoms with Crippen LogP contribution in [0.2, 0.25) is 0 Å². The molecule has 0 unspecified atom stereocenters. The van der Waals surface area contributed by atoms with Crippen molar-refractivity contribution < 1.29 is 4.74 Å². The van der Waals surface area contributed by atoms with Gasteiger partial charge in [-0.3, -0.25) is 9.40 Å². The Hall–Kier alpha value is -3.40. The minimum atomic E-state index is 0.253. The first kappa shape index (κ1) is 25.3. The summed E-state index contributed by atoms with van der Waals surface area (Å²) in [6.07, 6.45) is 7.49. The molecule has 0 amide bonds. The largest absolute Gasteiger partial charge is 0.433 e. The number of likely N-dealkylation sites (tertiary alicyclic amines) is 1. The zero-order chi connectivity index (χ0) is 25.8. The monoisotopic (exact) mass is 515 g/mol. The number of nitrogens with two attached hydrogens (primary N) is 1. The third-order valence-corrected chi connectivity index (χ3v) is 7.59. The SMILES string of the molecule is Cc1cc(-c2cnc(N)c(Oc3cnn(C4CCN(C)CC4)c3)n2)cc(C)c1CNSc1ccccc1. The molecule has 1 saturated heterocycles. The van der Waals surface area contributed by atoms with E-state index in [-0.39, 0.29) is 5.82 Å². The van der Waals surface area contributed by atoms with Crippen LogP contribution in [-0.4, -0.2) is 44.8 Å². The molecule has 2 aromatic heterocycles. The molecule has 37 heavy (non-hydrogen) atoms. The van der Waals surface area contributed by atoms with Crippen LogP contribution in [0.1, 0.15) is 35.6 Å². The molecule has 0 radical (unpaired) electrons. The van der Waals surface area contributed by atoms with E-state index in [2.05, 4.69) is 64.9 Å². The fourth-order valence-electron chi connectivity index (χ4n) is 4.64. The van der Waals surface area contributed by atoms with Crippen molar-refractivity contribution in [2.45, 2.75) is 44.2 Å². The first-order chi connectivity index (χ1) is 18.0. The molecule has 3 N–H and O–H groups in total. The van der Waals surface area contributed by atoms with Crippen LogP contribution in [0.5, 0.6) is 11.6 Å². The fourth-order valence-corrected chi connectivity index (χ4v) is 5.32. The molecule has 9 heteroatoms. The van der Waals surface area contributed by atoms with E-state index in [0.717, 1.165) is 43.7 Å². The molecule has 8 nitrogen and oxygen atoms in total. The summed E-state index contributed by atoms with van der Waals surface area (Å²) in [6.45, 7) is 7.16. The highest BCUT2D eigenvalue weighted by molar-refractivity contribution is 7.97. The Morgan fingerprint density at radius 1 is 1.08 bits per heavy atom. The second kappa shape index (κ2) is 11.3. The molecule has 2 aromatic carbocycles. The topological polar surface area (TPSA) is 94.1 Å². The van der Waals surface area contributed by atoms with Crippen LogP contribution >= 0.6 is 11.9 Å². The van der Waals surface area contributed by atoms with E-state index in [0.29, 0.717) is 17.7 Å². The Kier molecular flexibility index (Phi) is 7.73. The molecule has 1 fully saturated rings. The second-order valence-electron chi connectivity index (χ2n) is 9.56. The van der Waals surface area contributed by atoms with E-state index in [1.807, 2.05) is 29.1 Å². The molecule has 1 aliphatic heterocycles. The van der Waals surface area contributed by atoms with E-state index in [1.54, 1.807) is 24.3 Å². The van der Waals surface area contributed by atoms with Gasteiger partial charge >= 0.3 is 0 Å². The minimum Gasteiger partial charge on any atom is -0.433 e. The summed E-state index contributed by atoms with van der Waals surface area (Å²) in [6, 6.07) is 15.0. The van der Waals surface area contributed by atoms with Gasteiger partial charge in [-0.05, 0) is 99.7 Å². The van der Waals surface area contributed by atoms with Crippen molar-refractivity contribution in [3.8, 4) is 22.9 Å². The lowest BCUT2D eigenvalue weighted by Crippen LogP contribution is -2.31. The Bertz CT molecular complexity index is 1330. The zero-order valence-corrected chi connectivity index (χ0v) is 22.3. The van der Waals surface area contributed by atoms with Gasteiger partial charge in [0.1, 0.15) is 0 Å². The van der Waals surface area contributed by atoms with Crippen molar-refractivity contribution >= 4 is 17.8 Å². The summed E-state index contributed by atoms with van der Waals surface area (Å²) >= 11 is 1.64. The molecular weight excluding hydrogens is 482 g/mol. The van der Waals surface area contributed by atoms with Crippen molar-refractivity contribution in [1.82, 2.24) is 29.4 Å². The molecule has 192 valence electrons. The lowest BCUT2D eigenvalue weighted by Gasteiger charge is -2.28. The Labute approximate surface area is 222 Å². The molecule has 0 bridgehead atoms. The number of anilines is 1. The van der Waals surface area contributed by atoms with Gasteiger partial charge in [-0.25, -0.2) is 9.97 Å². The highest BCUT2D eigenvalue weighted by atomic mass is 32.2. The van der Waals surface area contributed by atoms with Gasteiger partial charge in [-0.1, -0.05) is 18.2 Å². The number of benzene rings is 2. The molecule has 0 atom stereocenters. The van der Waals surface area contributed by atoms with Gasteiger partial charge in [0.25, 0.3) is 5.88 Å². The number of aromatic nitrogens is 4.